The summed E-state index contributed by atoms with van der Waals surface area (Å²) in [7, 11) is 0. The Bertz CT molecular complexity index is 613. The van der Waals surface area contributed by atoms with Gasteiger partial charge in [-0.3, -0.25) is 0 Å². The van der Waals surface area contributed by atoms with Crippen LogP contribution in [-0.4, -0.2) is 32.5 Å². The van der Waals surface area contributed by atoms with Crippen LogP contribution in [0.5, 0.6) is 0 Å². The van der Waals surface area contributed by atoms with E-state index in [4.69, 9.17) is 4.74 Å². The number of carbonyl (C=O) groups excluding carboxylic acids is 1. The van der Waals surface area contributed by atoms with Crippen LogP contribution in [0.4, 0.5) is 0 Å². The summed E-state index contributed by atoms with van der Waals surface area (Å²) in [6.07, 6.45) is 3.11. The Labute approximate surface area is 110 Å². The molecule has 0 aliphatic rings. The van der Waals surface area contributed by atoms with Gasteiger partial charge in [-0.15, -0.1) is 0 Å². The molecular formula is C13H14N4O2. The molecule has 0 spiro atoms. The molecule has 0 saturated carbocycles. The maximum Gasteiger partial charge on any atom is 0.341 e. The second-order valence-corrected chi connectivity index (χ2v) is 3.90. The molecule has 0 amide bonds. The van der Waals surface area contributed by atoms with Gasteiger partial charge in [-0.2, -0.15) is 0 Å². The fraction of sp³-hybridized carbons (Fsp3) is 0.308. The lowest BCUT2D eigenvalue weighted by Crippen LogP contribution is -2.09. The predicted octanol–water partition coefficient (Wildman–Crippen LogP) is 1.73. The summed E-state index contributed by atoms with van der Waals surface area (Å²) >= 11 is 0. The first kappa shape index (κ1) is 13.1. The topological polar surface area (TPSA) is 77.9 Å². The Hall–Kier alpha value is -2.37. The smallest absolute Gasteiger partial charge is 0.341 e. The number of esters is 1. The number of rotatable bonds is 3. The third kappa shape index (κ3) is 2.90. The van der Waals surface area contributed by atoms with Gasteiger partial charge in [0.05, 0.1) is 17.9 Å². The molecule has 0 aromatic carbocycles. The average molecular weight is 258 g/mol. The molecule has 0 bridgehead atoms. The molecule has 98 valence electrons. The molecule has 0 aliphatic carbocycles. The quantitative estimate of drug-likeness (QED) is 0.780. The lowest BCUT2D eigenvalue weighted by Gasteiger charge is -2.06. The van der Waals surface area contributed by atoms with Gasteiger partial charge in [-0.25, -0.2) is 24.7 Å². The van der Waals surface area contributed by atoms with Crippen LogP contribution in [0.1, 0.15) is 28.8 Å². The molecule has 0 saturated heterocycles. The Morgan fingerprint density at radius 3 is 2.68 bits per heavy atom. The number of aromatic nitrogens is 4. The van der Waals surface area contributed by atoms with Crippen LogP contribution in [0.25, 0.3) is 11.5 Å². The minimum absolute atomic E-state index is 0.325. The highest BCUT2D eigenvalue weighted by atomic mass is 16.5. The summed E-state index contributed by atoms with van der Waals surface area (Å²) < 4.78 is 4.93. The molecule has 2 aromatic heterocycles. The van der Waals surface area contributed by atoms with Crippen molar-refractivity contribution in [3.05, 3.63) is 35.5 Å². The van der Waals surface area contributed by atoms with E-state index in [0.29, 0.717) is 35.2 Å². The first-order valence-electron chi connectivity index (χ1n) is 5.92. The number of nitrogens with zero attached hydrogens (tertiary/aromatic N) is 4. The van der Waals surface area contributed by atoms with Crippen molar-refractivity contribution in [3.8, 4) is 11.5 Å². The SMILES string of the molecule is CCOC(=O)c1cnc(-c2ccnc(C)n2)nc1C. The molecule has 0 atom stereocenters. The molecule has 6 nitrogen and oxygen atoms in total. The molecule has 0 fully saturated rings. The van der Waals surface area contributed by atoms with Crippen molar-refractivity contribution in [2.24, 2.45) is 0 Å². The maximum atomic E-state index is 11.6. The zero-order valence-corrected chi connectivity index (χ0v) is 11.0. The van der Waals surface area contributed by atoms with E-state index in [1.165, 1.54) is 6.20 Å². The molecular weight excluding hydrogens is 244 g/mol. The predicted molar refractivity (Wildman–Crippen MR) is 68.5 cm³/mol. The van der Waals surface area contributed by atoms with E-state index in [1.807, 2.05) is 0 Å². The number of hydrogen-bond acceptors (Lipinski definition) is 6. The van der Waals surface area contributed by atoms with Crippen LogP contribution in [-0.2, 0) is 4.74 Å². The van der Waals surface area contributed by atoms with Crippen molar-refractivity contribution in [1.82, 2.24) is 19.9 Å². The van der Waals surface area contributed by atoms with E-state index < -0.39 is 5.97 Å². The first-order valence-corrected chi connectivity index (χ1v) is 5.92. The third-order valence-corrected chi connectivity index (χ3v) is 2.48. The van der Waals surface area contributed by atoms with E-state index >= 15 is 0 Å². The Balaban J connectivity index is 2.36. The van der Waals surface area contributed by atoms with Crippen molar-refractivity contribution in [2.75, 3.05) is 6.61 Å². The summed E-state index contributed by atoms with van der Waals surface area (Å²) in [5.74, 6) is 0.703. The number of carbonyl (C=O) groups is 1. The molecule has 6 heteroatoms. The van der Waals surface area contributed by atoms with Gasteiger partial charge in [0.25, 0.3) is 0 Å². The number of aryl methyl sites for hydroxylation is 2. The maximum absolute atomic E-state index is 11.6. The zero-order valence-electron chi connectivity index (χ0n) is 11.0. The van der Waals surface area contributed by atoms with Crippen LogP contribution < -0.4 is 0 Å². The molecule has 19 heavy (non-hydrogen) atoms. The van der Waals surface area contributed by atoms with Gasteiger partial charge >= 0.3 is 5.97 Å². The Kier molecular flexibility index (Phi) is 3.79. The Morgan fingerprint density at radius 1 is 1.26 bits per heavy atom. The summed E-state index contributed by atoms with van der Waals surface area (Å²) in [6, 6.07) is 1.73. The average Bonchev–Trinajstić information content (AvgIpc) is 2.38. The van der Waals surface area contributed by atoms with Gasteiger partial charge in [-0.05, 0) is 26.8 Å². The van der Waals surface area contributed by atoms with Gasteiger partial charge in [0, 0.05) is 12.4 Å². The van der Waals surface area contributed by atoms with Crippen LogP contribution in [0.3, 0.4) is 0 Å². The molecule has 0 N–H and O–H groups in total. The summed E-state index contributed by atoms with van der Waals surface area (Å²) in [4.78, 5) is 28.3. The van der Waals surface area contributed by atoms with Crippen molar-refractivity contribution in [2.45, 2.75) is 20.8 Å². The minimum Gasteiger partial charge on any atom is -0.462 e. The van der Waals surface area contributed by atoms with Gasteiger partial charge in [0.15, 0.2) is 5.82 Å². The Morgan fingerprint density at radius 2 is 2.05 bits per heavy atom. The highest BCUT2D eigenvalue weighted by Crippen LogP contribution is 2.14. The minimum atomic E-state index is -0.412. The molecule has 2 rings (SSSR count). The fourth-order valence-electron chi connectivity index (χ4n) is 1.58. The van der Waals surface area contributed by atoms with E-state index in [1.54, 1.807) is 33.0 Å². The van der Waals surface area contributed by atoms with Crippen LogP contribution in [0, 0.1) is 13.8 Å². The molecule has 2 aromatic rings. The van der Waals surface area contributed by atoms with Crippen LogP contribution in [0.2, 0.25) is 0 Å². The van der Waals surface area contributed by atoms with Crippen molar-refractivity contribution < 1.29 is 9.53 Å². The van der Waals surface area contributed by atoms with E-state index in [0.717, 1.165) is 0 Å². The van der Waals surface area contributed by atoms with E-state index in [9.17, 15) is 4.79 Å². The monoisotopic (exact) mass is 258 g/mol. The second kappa shape index (κ2) is 5.51. The molecule has 0 aliphatic heterocycles. The largest absolute Gasteiger partial charge is 0.462 e. The van der Waals surface area contributed by atoms with Crippen molar-refractivity contribution >= 4 is 5.97 Å². The second-order valence-electron chi connectivity index (χ2n) is 3.90. The summed E-state index contributed by atoms with van der Waals surface area (Å²) in [5.41, 5.74) is 1.57. The summed E-state index contributed by atoms with van der Waals surface area (Å²) in [6.45, 7) is 5.62. The molecule has 0 radical (unpaired) electrons. The van der Waals surface area contributed by atoms with Gasteiger partial charge in [0.1, 0.15) is 11.5 Å². The zero-order chi connectivity index (χ0) is 13.8. The van der Waals surface area contributed by atoms with E-state index in [-0.39, 0.29) is 0 Å². The number of ether oxygens (including phenoxy) is 1. The molecule has 0 unspecified atom stereocenters. The van der Waals surface area contributed by atoms with Crippen LogP contribution in [0.15, 0.2) is 18.5 Å². The molecule has 2 heterocycles. The standard InChI is InChI=1S/C13H14N4O2/c1-4-19-13(18)10-7-15-12(16-8(10)2)11-5-6-14-9(3)17-11/h5-7H,4H2,1-3H3. The fourth-order valence-corrected chi connectivity index (χ4v) is 1.58. The van der Waals surface area contributed by atoms with Gasteiger partial charge in [0.2, 0.25) is 0 Å². The third-order valence-electron chi connectivity index (χ3n) is 2.48. The summed E-state index contributed by atoms with van der Waals surface area (Å²) in [5, 5.41) is 0. The highest BCUT2D eigenvalue weighted by Gasteiger charge is 2.13. The van der Waals surface area contributed by atoms with Crippen molar-refractivity contribution in [1.29, 1.82) is 0 Å². The lowest BCUT2D eigenvalue weighted by molar-refractivity contribution is 0.0524. The lowest BCUT2D eigenvalue weighted by atomic mass is 10.2. The van der Waals surface area contributed by atoms with Gasteiger partial charge in [-0.1, -0.05) is 0 Å². The highest BCUT2D eigenvalue weighted by molar-refractivity contribution is 5.90. The van der Waals surface area contributed by atoms with Crippen molar-refractivity contribution in [3.63, 3.8) is 0 Å². The van der Waals surface area contributed by atoms with Crippen LogP contribution >= 0.6 is 0 Å². The normalized spacial score (nSPS) is 10.3. The number of hydrogen-bond donors (Lipinski definition) is 0. The first-order chi connectivity index (χ1) is 9.11. The van der Waals surface area contributed by atoms with Gasteiger partial charge < -0.3 is 4.74 Å². The van der Waals surface area contributed by atoms with E-state index in [2.05, 4.69) is 19.9 Å².